The molecule has 0 unspecified atom stereocenters. The highest BCUT2D eigenvalue weighted by Crippen LogP contribution is 2.31. The number of anilines is 1. The van der Waals surface area contributed by atoms with E-state index >= 15 is 0 Å². The summed E-state index contributed by atoms with van der Waals surface area (Å²) in [6.45, 7) is 4.30. The van der Waals surface area contributed by atoms with Gasteiger partial charge in [0.1, 0.15) is 18.2 Å². The van der Waals surface area contributed by atoms with Gasteiger partial charge in [0.05, 0.1) is 25.9 Å². The molecule has 0 saturated carbocycles. The molecule has 34 heavy (non-hydrogen) atoms. The first-order chi connectivity index (χ1) is 16.3. The van der Waals surface area contributed by atoms with Crippen molar-refractivity contribution in [3.63, 3.8) is 0 Å². The number of amides is 1. The molecular formula is C24H24F3N3O4. The molecule has 1 aliphatic heterocycles. The van der Waals surface area contributed by atoms with Crippen LogP contribution in [0.5, 0.6) is 11.5 Å². The van der Waals surface area contributed by atoms with E-state index in [-0.39, 0.29) is 11.3 Å². The van der Waals surface area contributed by atoms with E-state index in [1.807, 2.05) is 0 Å². The molecule has 0 aliphatic carbocycles. The first-order valence-electron chi connectivity index (χ1n) is 10.5. The predicted molar refractivity (Wildman–Crippen MR) is 119 cm³/mol. The minimum Gasteiger partial charge on any atom is -0.493 e. The minimum absolute atomic E-state index is 0.0671. The number of ether oxygens (including phenoxy) is 3. The lowest BCUT2D eigenvalue weighted by atomic mass is 10.1. The number of carbonyl (C=O) groups is 1. The SMILES string of the molecule is COc1cc(/C=C(\C#N)C(=O)Nc2cccc(C(F)(F)F)c2)ccc1OCCN1CCOCC1. The third kappa shape index (κ3) is 6.97. The Bertz CT molecular complexity index is 1070. The molecule has 2 aromatic rings. The molecule has 1 N–H and O–H groups in total. The molecule has 1 aliphatic rings. The van der Waals surface area contributed by atoms with Crippen LogP contribution in [-0.2, 0) is 15.7 Å². The summed E-state index contributed by atoms with van der Waals surface area (Å²) in [5, 5.41) is 11.7. The third-order valence-corrected chi connectivity index (χ3v) is 5.08. The van der Waals surface area contributed by atoms with E-state index in [0.717, 1.165) is 31.8 Å². The molecule has 1 fully saturated rings. The van der Waals surface area contributed by atoms with Crippen LogP contribution in [0.15, 0.2) is 48.0 Å². The van der Waals surface area contributed by atoms with Crippen LogP contribution in [0.25, 0.3) is 6.08 Å². The second-order valence-corrected chi connectivity index (χ2v) is 7.42. The maximum Gasteiger partial charge on any atom is 0.416 e. The summed E-state index contributed by atoms with van der Waals surface area (Å²) in [5.41, 5.74) is -0.752. The standard InChI is InChI=1S/C24H24F3N3O4/c1-32-22-14-17(5-6-21(22)34-12-9-30-7-10-33-11-8-30)13-18(16-28)23(31)29-20-4-2-3-19(15-20)24(25,26)27/h2-6,13-15H,7-12H2,1H3,(H,29,31)/b18-13+. The zero-order chi connectivity index (χ0) is 24.6. The average Bonchev–Trinajstić information content (AvgIpc) is 2.83. The fourth-order valence-electron chi connectivity index (χ4n) is 3.29. The molecule has 0 radical (unpaired) electrons. The van der Waals surface area contributed by atoms with Crippen molar-refractivity contribution >= 4 is 17.7 Å². The van der Waals surface area contributed by atoms with Crippen LogP contribution >= 0.6 is 0 Å². The number of hydrogen-bond donors (Lipinski definition) is 1. The maximum atomic E-state index is 12.9. The Hall–Kier alpha value is -3.55. The second kappa shape index (κ2) is 11.5. The summed E-state index contributed by atoms with van der Waals surface area (Å²) < 4.78 is 55.2. The number of benzene rings is 2. The lowest BCUT2D eigenvalue weighted by molar-refractivity contribution is -0.137. The van der Waals surface area contributed by atoms with Crippen molar-refractivity contribution < 1.29 is 32.2 Å². The summed E-state index contributed by atoms with van der Waals surface area (Å²) in [6.07, 6.45) is -3.22. The Kier molecular flexibility index (Phi) is 8.51. The summed E-state index contributed by atoms with van der Waals surface area (Å²) in [5.74, 6) is 0.109. The van der Waals surface area contributed by atoms with Gasteiger partial charge in [-0.3, -0.25) is 9.69 Å². The zero-order valence-corrected chi connectivity index (χ0v) is 18.5. The number of methoxy groups -OCH3 is 1. The van der Waals surface area contributed by atoms with E-state index in [2.05, 4.69) is 10.2 Å². The fourth-order valence-corrected chi connectivity index (χ4v) is 3.29. The molecule has 3 rings (SSSR count). The molecule has 180 valence electrons. The van der Waals surface area contributed by atoms with E-state index in [4.69, 9.17) is 14.2 Å². The summed E-state index contributed by atoms with van der Waals surface area (Å²) in [4.78, 5) is 14.7. The molecule has 0 spiro atoms. The van der Waals surface area contributed by atoms with Crippen molar-refractivity contribution in [3.8, 4) is 17.6 Å². The Morgan fingerprint density at radius 2 is 1.97 bits per heavy atom. The maximum absolute atomic E-state index is 12.9. The molecular weight excluding hydrogens is 451 g/mol. The zero-order valence-electron chi connectivity index (χ0n) is 18.5. The van der Waals surface area contributed by atoms with Crippen LogP contribution in [0.2, 0.25) is 0 Å². The number of rotatable bonds is 8. The highest BCUT2D eigenvalue weighted by atomic mass is 19.4. The Morgan fingerprint density at radius 3 is 2.65 bits per heavy atom. The largest absolute Gasteiger partial charge is 0.493 e. The number of carbonyl (C=O) groups excluding carboxylic acids is 1. The van der Waals surface area contributed by atoms with Crippen LogP contribution in [0.1, 0.15) is 11.1 Å². The van der Waals surface area contributed by atoms with Crippen LogP contribution in [-0.4, -0.2) is 57.4 Å². The molecule has 1 saturated heterocycles. The van der Waals surface area contributed by atoms with E-state index in [9.17, 15) is 23.2 Å². The van der Waals surface area contributed by atoms with Crippen molar-refractivity contribution in [2.75, 3.05) is 51.9 Å². The number of halogens is 3. The Morgan fingerprint density at radius 1 is 1.21 bits per heavy atom. The van der Waals surface area contributed by atoms with Gasteiger partial charge in [-0.15, -0.1) is 0 Å². The number of nitriles is 1. The molecule has 2 aromatic carbocycles. The van der Waals surface area contributed by atoms with Gasteiger partial charge in [-0.05, 0) is 42.0 Å². The molecule has 1 amide bonds. The van der Waals surface area contributed by atoms with Gasteiger partial charge in [-0.25, -0.2) is 0 Å². The van der Waals surface area contributed by atoms with Crippen molar-refractivity contribution in [1.82, 2.24) is 4.90 Å². The van der Waals surface area contributed by atoms with Crippen LogP contribution in [0.3, 0.4) is 0 Å². The highest BCUT2D eigenvalue weighted by Gasteiger charge is 2.30. The van der Waals surface area contributed by atoms with Gasteiger partial charge in [0.2, 0.25) is 0 Å². The lowest BCUT2D eigenvalue weighted by Crippen LogP contribution is -2.38. The van der Waals surface area contributed by atoms with Gasteiger partial charge >= 0.3 is 6.18 Å². The van der Waals surface area contributed by atoms with E-state index in [0.29, 0.717) is 36.9 Å². The van der Waals surface area contributed by atoms with E-state index < -0.39 is 17.6 Å². The smallest absolute Gasteiger partial charge is 0.416 e. The number of morpholine rings is 1. The van der Waals surface area contributed by atoms with Crippen molar-refractivity contribution in [1.29, 1.82) is 5.26 Å². The minimum atomic E-state index is -4.54. The van der Waals surface area contributed by atoms with Crippen molar-refractivity contribution in [3.05, 3.63) is 59.2 Å². The summed E-state index contributed by atoms with van der Waals surface area (Å²) in [7, 11) is 1.48. The third-order valence-electron chi connectivity index (χ3n) is 5.08. The molecule has 0 bridgehead atoms. The quantitative estimate of drug-likeness (QED) is 0.460. The summed E-state index contributed by atoms with van der Waals surface area (Å²) in [6, 6.07) is 10.9. The van der Waals surface area contributed by atoms with Gasteiger partial charge < -0.3 is 19.5 Å². The number of alkyl halides is 3. The molecule has 1 heterocycles. The highest BCUT2D eigenvalue weighted by molar-refractivity contribution is 6.09. The molecule has 0 atom stereocenters. The van der Waals surface area contributed by atoms with Crippen molar-refractivity contribution in [2.45, 2.75) is 6.18 Å². The lowest BCUT2D eigenvalue weighted by Gasteiger charge is -2.26. The summed E-state index contributed by atoms with van der Waals surface area (Å²) >= 11 is 0. The molecule has 7 nitrogen and oxygen atoms in total. The van der Waals surface area contributed by atoms with E-state index in [1.54, 1.807) is 24.3 Å². The number of nitrogens with one attached hydrogen (secondary N) is 1. The van der Waals surface area contributed by atoms with Gasteiger partial charge in [0, 0.05) is 25.3 Å². The van der Waals surface area contributed by atoms with Crippen molar-refractivity contribution in [2.24, 2.45) is 0 Å². The normalized spacial score (nSPS) is 14.9. The van der Waals surface area contributed by atoms with Gasteiger partial charge in [-0.1, -0.05) is 12.1 Å². The Labute approximate surface area is 195 Å². The number of hydrogen-bond acceptors (Lipinski definition) is 6. The Balaban J connectivity index is 1.67. The fraction of sp³-hybridized carbons (Fsp3) is 0.333. The predicted octanol–water partition coefficient (Wildman–Crippen LogP) is 3.97. The molecule has 10 heteroatoms. The molecule has 0 aromatic heterocycles. The monoisotopic (exact) mass is 475 g/mol. The second-order valence-electron chi connectivity index (χ2n) is 7.42. The first-order valence-corrected chi connectivity index (χ1v) is 10.5. The van der Waals surface area contributed by atoms with Gasteiger partial charge in [-0.2, -0.15) is 18.4 Å². The first kappa shape index (κ1) is 25.1. The van der Waals surface area contributed by atoms with Gasteiger partial charge in [0.25, 0.3) is 5.91 Å². The van der Waals surface area contributed by atoms with Gasteiger partial charge in [0.15, 0.2) is 11.5 Å². The van der Waals surface area contributed by atoms with Crippen LogP contribution in [0.4, 0.5) is 18.9 Å². The average molecular weight is 475 g/mol. The van der Waals surface area contributed by atoms with Crippen LogP contribution < -0.4 is 14.8 Å². The topological polar surface area (TPSA) is 83.8 Å². The van der Waals surface area contributed by atoms with Crippen LogP contribution in [0, 0.1) is 11.3 Å². The van der Waals surface area contributed by atoms with E-state index in [1.165, 1.54) is 25.3 Å². The number of nitrogens with zero attached hydrogens (tertiary/aromatic N) is 2.